The van der Waals surface area contributed by atoms with Gasteiger partial charge in [0.1, 0.15) is 6.33 Å². The van der Waals surface area contributed by atoms with Crippen LogP contribution in [-0.2, 0) is 0 Å². The fourth-order valence-electron chi connectivity index (χ4n) is 2.57. The van der Waals surface area contributed by atoms with Crippen molar-refractivity contribution in [3.05, 3.63) is 35.4 Å². The molecular weight excluding hydrogens is 290 g/mol. The van der Waals surface area contributed by atoms with Crippen molar-refractivity contribution >= 4 is 5.91 Å². The predicted molar refractivity (Wildman–Crippen MR) is 91.1 cm³/mol. The molecule has 2 rings (SSSR count). The first-order chi connectivity index (χ1) is 11.1. The van der Waals surface area contributed by atoms with E-state index in [-0.39, 0.29) is 5.91 Å². The van der Waals surface area contributed by atoms with Crippen molar-refractivity contribution in [2.24, 2.45) is 0 Å². The van der Waals surface area contributed by atoms with E-state index in [1.54, 1.807) is 0 Å². The normalized spacial score (nSPS) is 16.5. The molecule has 0 bridgehead atoms. The molecule has 0 saturated carbocycles. The lowest BCUT2D eigenvalue weighted by atomic mass is 10.1. The molecule has 1 N–H and O–H groups in total. The van der Waals surface area contributed by atoms with Crippen molar-refractivity contribution in [3.8, 4) is 0 Å². The van der Waals surface area contributed by atoms with Gasteiger partial charge in [0.2, 0.25) is 5.82 Å². The summed E-state index contributed by atoms with van der Waals surface area (Å²) in [6, 6.07) is 0. The molecule has 0 atom stereocenters. The molecule has 6 heteroatoms. The lowest BCUT2D eigenvalue weighted by molar-refractivity contribution is 0.0638. The third-order valence-corrected chi connectivity index (χ3v) is 4.07. The Morgan fingerprint density at radius 3 is 2.57 bits per heavy atom. The second-order valence-electron chi connectivity index (χ2n) is 6.30. The highest BCUT2D eigenvalue weighted by Gasteiger charge is 2.23. The summed E-state index contributed by atoms with van der Waals surface area (Å²) in [5, 5.41) is 6.36. The standard InChI is InChI=1S/C17H27N5O/c1-14(2)5-4-6-15(3)7-8-21-9-11-22(12-10-21)17(23)16-18-13-19-20-16/h5,7,13H,4,6,8-12H2,1-3H3,(H,18,19,20). The van der Waals surface area contributed by atoms with Gasteiger partial charge in [0.15, 0.2) is 0 Å². The predicted octanol–water partition coefficient (Wildman–Crippen LogP) is 2.26. The summed E-state index contributed by atoms with van der Waals surface area (Å²) in [5.41, 5.74) is 2.81. The summed E-state index contributed by atoms with van der Waals surface area (Å²) >= 11 is 0. The van der Waals surface area contributed by atoms with Crippen LogP contribution < -0.4 is 0 Å². The maximum Gasteiger partial charge on any atom is 0.291 e. The van der Waals surface area contributed by atoms with Crippen molar-refractivity contribution in [3.63, 3.8) is 0 Å². The van der Waals surface area contributed by atoms with Gasteiger partial charge in [0, 0.05) is 32.7 Å². The molecule has 126 valence electrons. The highest BCUT2D eigenvalue weighted by atomic mass is 16.2. The molecule has 1 aromatic heterocycles. The van der Waals surface area contributed by atoms with Crippen LogP contribution in [0.25, 0.3) is 0 Å². The van der Waals surface area contributed by atoms with E-state index in [1.807, 2.05) is 4.90 Å². The van der Waals surface area contributed by atoms with Gasteiger partial charge < -0.3 is 4.90 Å². The zero-order valence-corrected chi connectivity index (χ0v) is 14.4. The molecule has 1 aromatic rings. The Morgan fingerprint density at radius 1 is 1.22 bits per heavy atom. The molecule has 0 spiro atoms. The van der Waals surface area contributed by atoms with Crippen molar-refractivity contribution < 1.29 is 4.79 Å². The minimum absolute atomic E-state index is 0.0596. The van der Waals surface area contributed by atoms with Gasteiger partial charge in [-0.25, -0.2) is 4.98 Å². The summed E-state index contributed by atoms with van der Waals surface area (Å²) < 4.78 is 0. The highest BCUT2D eigenvalue weighted by molar-refractivity contribution is 5.90. The molecule has 0 radical (unpaired) electrons. The van der Waals surface area contributed by atoms with Crippen LogP contribution in [0.5, 0.6) is 0 Å². The monoisotopic (exact) mass is 317 g/mol. The van der Waals surface area contributed by atoms with Crippen LogP contribution >= 0.6 is 0 Å². The minimum atomic E-state index is -0.0596. The summed E-state index contributed by atoms with van der Waals surface area (Å²) in [5.74, 6) is 0.268. The zero-order chi connectivity index (χ0) is 16.7. The number of hydrogen-bond donors (Lipinski definition) is 1. The van der Waals surface area contributed by atoms with Crippen LogP contribution in [0.1, 0.15) is 44.2 Å². The van der Waals surface area contributed by atoms with Crippen LogP contribution in [0, 0.1) is 0 Å². The highest BCUT2D eigenvalue weighted by Crippen LogP contribution is 2.09. The first-order valence-corrected chi connectivity index (χ1v) is 8.22. The Balaban J connectivity index is 1.72. The molecule has 1 saturated heterocycles. The van der Waals surface area contributed by atoms with Crippen LogP contribution in [-0.4, -0.2) is 63.6 Å². The summed E-state index contributed by atoms with van der Waals surface area (Å²) in [4.78, 5) is 20.3. The Labute approximate surface area is 138 Å². The van der Waals surface area contributed by atoms with Crippen molar-refractivity contribution in [2.45, 2.75) is 33.6 Å². The molecule has 2 heterocycles. The molecular formula is C17H27N5O. The van der Waals surface area contributed by atoms with Gasteiger partial charge in [-0.2, -0.15) is 5.10 Å². The Hall–Kier alpha value is -1.95. The molecule has 1 aliphatic heterocycles. The minimum Gasteiger partial charge on any atom is -0.333 e. The second-order valence-corrected chi connectivity index (χ2v) is 6.30. The van der Waals surface area contributed by atoms with Crippen molar-refractivity contribution in [2.75, 3.05) is 32.7 Å². The van der Waals surface area contributed by atoms with Gasteiger partial charge in [0.25, 0.3) is 5.91 Å². The number of nitrogens with zero attached hydrogens (tertiary/aromatic N) is 4. The number of carbonyl (C=O) groups excluding carboxylic acids is 1. The van der Waals surface area contributed by atoms with Gasteiger partial charge in [-0.15, -0.1) is 0 Å². The SMILES string of the molecule is CC(C)=CCCC(C)=CCN1CCN(C(=O)c2ncn[nH]2)CC1. The number of hydrogen-bond acceptors (Lipinski definition) is 4. The molecule has 0 unspecified atom stereocenters. The summed E-state index contributed by atoms with van der Waals surface area (Å²) in [7, 11) is 0. The molecule has 6 nitrogen and oxygen atoms in total. The van der Waals surface area contributed by atoms with E-state index in [2.05, 4.69) is 53.0 Å². The van der Waals surface area contributed by atoms with Crippen LogP contribution in [0.2, 0.25) is 0 Å². The lowest BCUT2D eigenvalue weighted by Gasteiger charge is -2.33. The molecule has 1 aliphatic rings. The van der Waals surface area contributed by atoms with E-state index >= 15 is 0 Å². The van der Waals surface area contributed by atoms with Gasteiger partial charge >= 0.3 is 0 Å². The molecule has 0 aliphatic carbocycles. The topological polar surface area (TPSA) is 65.1 Å². The van der Waals surface area contributed by atoms with Crippen LogP contribution in [0.3, 0.4) is 0 Å². The van der Waals surface area contributed by atoms with Crippen LogP contribution in [0.4, 0.5) is 0 Å². The Morgan fingerprint density at radius 2 is 1.96 bits per heavy atom. The van der Waals surface area contributed by atoms with Gasteiger partial charge in [-0.3, -0.25) is 14.8 Å². The van der Waals surface area contributed by atoms with E-state index < -0.39 is 0 Å². The molecule has 1 fully saturated rings. The lowest BCUT2D eigenvalue weighted by Crippen LogP contribution is -2.48. The average molecular weight is 317 g/mol. The van der Waals surface area contributed by atoms with Crippen molar-refractivity contribution in [1.82, 2.24) is 25.0 Å². The van der Waals surface area contributed by atoms with E-state index in [0.29, 0.717) is 5.82 Å². The molecule has 1 amide bonds. The molecule has 23 heavy (non-hydrogen) atoms. The maximum atomic E-state index is 12.2. The summed E-state index contributed by atoms with van der Waals surface area (Å²) in [6.07, 6.45) is 8.20. The Bertz CT molecular complexity index is 550. The number of amides is 1. The number of carbonyl (C=O) groups is 1. The van der Waals surface area contributed by atoms with Crippen molar-refractivity contribution in [1.29, 1.82) is 0 Å². The maximum absolute atomic E-state index is 12.2. The number of aromatic amines is 1. The smallest absolute Gasteiger partial charge is 0.291 e. The number of rotatable bonds is 6. The average Bonchev–Trinajstić information content (AvgIpc) is 3.07. The van der Waals surface area contributed by atoms with E-state index in [9.17, 15) is 4.79 Å². The number of piperazine rings is 1. The van der Waals surface area contributed by atoms with Gasteiger partial charge in [-0.05, 0) is 33.6 Å². The second kappa shape index (κ2) is 8.62. The number of aromatic nitrogens is 3. The fourth-order valence-corrected chi connectivity index (χ4v) is 2.57. The van der Waals surface area contributed by atoms with E-state index in [1.165, 1.54) is 17.5 Å². The number of H-pyrrole nitrogens is 1. The number of allylic oxidation sites excluding steroid dienone is 3. The summed E-state index contributed by atoms with van der Waals surface area (Å²) in [6.45, 7) is 10.7. The fraction of sp³-hybridized carbons (Fsp3) is 0.588. The third-order valence-electron chi connectivity index (χ3n) is 4.07. The number of nitrogens with one attached hydrogen (secondary N) is 1. The quantitative estimate of drug-likeness (QED) is 0.817. The van der Waals surface area contributed by atoms with Gasteiger partial charge in [0.05, 0.1) is 0 Å². The molecule has 0 aromatic carbocycles. The zero-order valence-electron chi connectivity index (χ0n) is 14.4. The Kier molecular flexibility index (Phi) is 6.52. The first kappa shape index (κ1) is 17.4. The third kappa shape index (κ3) is 5.63. The largest absolute Gasteiger partial charge is 0.333 e. The van der Waals surface area contributed by atoms with E-state index in [0.717, 1.165) is 45.6 Å². The first-order valence-electron chi connectivity index (χ1n) is 8.22. The van der Waals surface area contributed by atoms with Crippen LogP contribution in [0.15, 0.2) is 29.6 Å². The van der Waals surface area contributed by atoms with Gasteiger partial charge in [-0.1, -0.05) is 23.3 Å². The van der Waals surface area contributed by atoms with E-state index in [4.69, 9.17) is 0 Å².